The third-order valence-electron chi connectivity index (χ3n) is 3.15. The van der Waals surface area contributed by atoms with Crippen molar-refractivity contribution in [1.82, 2.24) is 4.57 Å². The zero-order valence-electron chi connectivity index (χ0n) is 12.1. The lowest BCUT2D eigenvalue weighted by atomic mass is 10.1. The highest BCUT2D eigenvalue weighted by molar-refractivity contribution is 5.69. The zero-order valence-corrected chi connectivity index (χ0v) is 12.1. The molecule has 2 rings (SSSR count). The first-order valence-electron chi connectivity index (χ1n) is 7.02. The van der Waals surface area contributed by atoms with Crippen molar-refractivity contribution in [2.24, 2.45) is 0 Å². The maximum Gasteiger partial charge on any atom is 0.326 e. The van der Waals surface area contributed by atoms with Gasteiger partial charge in [-0.05, 0) is 30.9 Å². The number of aryl methyl sites for hydroxylation is 2. The highest BCUT2D eigenvalue weighted by Crippen LogP contribution is 2.02. The van der Waals surface area contributed by atoms with Crippen LogP contribution in [0.5, 0.6) is 0 Å². The van der Waals surface area contributed by atoms with Crippen LogP contribution >= 0.6 is 0 Å². The molecular weight excluding hydrogens is 266 g/mol. The van der Waals surface area contributed by atoms with Crippen LogP contribution < -0.4 is 5.56 Å². The number of ether oxygens (including phenoxy) is 1. The maximum atomic E-state index is 11.7. The highest BCUT2D eigenvalue weighted by atomic mass is 16.5. The van der Waals surface area contributed by atoms with Crippen LogP contribution in [-0.4, -0.2) is 17.1 Å². The monoisotopic (exact) mass is 285 g/mol. The fourth-order valence-corrected chi connectivity index (χ4v) is 2.07. The topological polar surface area (TPSA) is 48.3 Å². The smallest absolute Gasteiger partial charge is 0.326 e. The van der Waals surface area contributed by atoms with Crippen molar-refractivity contribution in [3.8, 4) is 0 Å². The van der Waals surface area contributed by atoms with Gasteiger partial charge in [0.1, 0.15) is 6.54 Å². The van der Waals surface area contributed by atoms with Gasteiger partial charge in [-0.3, -0.25) is 9.59 Å². The van der Waals surface area contributed by atoms with Crippen molar-refractivity contribution in [3.05, 3.63) is 70.1 Å². The predicted molar refractivity (Wildman–Crippen MR) is 81.2 cm³/mol. The summed E-state index contributed by atoms with van der Waals surface area (Å²) in [6.07, 6.45) is 3.31. The lowest BCUT2D eigenvalue weighted by Gasteiger charge is -2.07. The van der Waals surface area contributed by atoms with E-state index in [0.717, 1.165) is 18.4 Å². The molecule has 21 heavy (non-hydrogen) atoms. The number of carbonyl (C=O) groups excluding carboxylic acids is 1. The molecule has 4 heteroatoms. The van der Waals surface area contributed by atoms with Crippen molar-refractivity contribution < 1.29 is 9.53 Å². The first kappa shape index (κ1) is 15.0. The average molecular weight is 285 g/mol. The summed E-state index contributed by atoms with van der Waals surface area (Å²) >= 11 is 0. The van der Waals surface area contributed by atoms with E-state index in [4.69, 9.17) is 4.74 Å². The molecule has 4 nitrogen and oxygen atoms in total. The number of nitrogens with zero attached hydrogens (tertiary/aromatic N) is 1. The van der Waals surface area contributed by atoms with E-state index >= 15 is 0 Å². The summed E-state index contributed by atoms with van der Waals surface area (Å²) < 4.78 is 6.53. The van der Waals surface area contributed by atoms with E-state index in [9.17, 15) is 9.59 Å². The summed E-state index contributed by atoms with van der Waals surface area (Å²) in [5.74, 6) is -0.379. The molecule has 0 bridgehead atoms. The van der Waals surface area contributed by atoms with E-state index in [1.54, 1.807) is 12.3 Å². The van der Waals surface area contributed by atoms with Gasteiger partial charge in [-0.15, -0.1) is 0 Å². The number of hydrogen-bond acceptors (Lipinski definition) is 3. The second-order valence-electron chi connectivity index (χ2n) is 4.98. The van der Waals surface area contributed by atoms with E-state index in [1.807, 2.05) is 37.3 Å². The summed E-state index contributed by atoms with van der Waals surface area (Å²) in [6, 6.07) is 13.2. The predicted octanol–water partition coefficient (Wildman–Crippen LogP) is 2.33. The van der Waals surface area contributed by atoms with Crippen LogP contribution in [0.2, 0.25) is 0 Å². The van der Waals surface area contributed by atoms with Crippen LogP contribution in [-0.2, 0) is 22.5 Å². The molecule has 0 saturated heterocycles. The number of esters is 1. The minimum Gasteiger partial charge on any atom is -0.464 e. The van der Waals surface area contributed by atoms with Crippen LogP contribution in [0, 0.1) is 6.92 Å². The van der Waals surface area contributed by atoms with Gasteiger partial charge in [0, 0.05) is 12.3 Å². The van der Waals surface area contributed by atoms with Gasteiger partial charge in [0.15, 0.2) is 0 Å². The van der Waals surface area contributed by atoms with Gasteiger partial charge in [0.2, 0.25) is 0 Å². The molecule has 0 unspecified atom stereocenters. The standard InChI is InChI=1S/C17H19NO3/c1-14-9-10-16(19)18(12-14)13-17(20)21-11-5-8-15-6-3-2-4-7-15/h2-4,6-7,9-10,12H,5,8,11,13H2,1H3. The number of hydrogen-bond donors (Lipinski definition) is 0. The molecule has 1 heterocycles. The molecule has 0 aliphatic heterocycles. The molecule has 1 aromatic carbocycles. The molecule has 0 aliphatic rings. The third-order valence-corrected chi connectivity index (χ3v) is 3.15. The fourth-order valence-electron chi connectivity index (χ4n) is 2.07. The number of aromatic nitrogens is 1. The summed E-state index contributed by atoms with van der Waals surface area (Å²) in [7, 11) is 0. The number of pyridine rings is 1. The van der Waals surface area contributed by atoms with Crippen LogP contribution in [0.1, 0.15) is 17.5 Å². The molecule has 0 fully saturated rings. The van der Waals surface area contributed by atoms with E-state index in [2.05, 4.69) is 0 Å². The molecule has 0 amide bonds. The summed E-state index contributed by atoms with van der Waals surface area (Å²) in [5.41, 5.74) is 1.97. The zero-order chi connectivity index (χ0) is 15.1. The lowest BCUT2D eigenvalue weighted by Crippen LogP contribution is -2.24. The Morgan fingerprint density at radius 1 is 1.14 bits per heavy atom. The molecule has 2 aromatic rings. The molecular formula is C17H19NO3. The lowest BCUT2D eigenvalue weighted by molar-refractivity contribution is -0.144. The molecule has 0 atom stereocenters. The summed E-state index contributed by atoms with van der Waals surface area (Å²) in [4.78, 5) is 23.3. The van der Waals surface area contributed by atoms with E-state index in [0.29, 0.717) is 6.61 Å². The van der Waals surface area contributed by atoms with Gasteiger partial charge in [-0.1, -0.05) is 36.4 Å². The Morgan fingerprint density at radius 3 is 2.67 bits per heavy atom. The maximum absolute atomic E-state index is 11.7. The second-order valence-corrected chi connectivity index (χ2v) is 4.98. The van der Waals surface area contributed by atoms with Crippen LogP contribution in [0.15, 0.2) is 53.5 Å². The molecule has 110 valence electrons. The molecule has 0 saturated carbocycles. The highest BCUT2D eigenvalue weighted by Gasteiger charge is 2.05. The minimum absolute atomic E-state index is 0.0359. The Morgan fingerprint density at radius 2 is 1.90 bits per heavy atom. The van der Waals surface area contributed by atoms with Gasteiger partial charge in [-0.25, -0.2) is 0 Å². The van der Waals surface area contributed by atoms with E-state index in [-0.39, 0.29) is 18.1 Å². The number of rotatable bonds is 6. The number of benzene rings is 1. The van der Waals surface area contributed by atoms with Crippen molar-refractivity contribution in [1.29, 1.82) is 0 Å². The third kappa shape index (κ3) is 4.91. The molecule has 0 N–H and O–H groups in total. The molecule has 0 spiro atoms. The largest absolute Gasteiger partial charge is 0.464 e. The second kappa shape index (κ2) is 7.43. The molecule has 1 aromatic heterocycles. The summed E-state index contributed by atoms with van der Waals surface area (Å²) in [6.45, 7) is 2.21. The van der Waals surface area contributed by atoms with Gasteiger partial charge < -0.3 is 9.30 Å². The van der Waals surface area contributed by atoms with Crippen molar-refractivity contribution in [2.75, 3.05) is 6.61 Å². The summed E-state index contributed by atoms with van der Waals surface area (Å²) in [5, 5.41) is 0. The van der Waals surface area contributed by atoms with Gasteiger partial charge in [0.25, 0.3) is 5.56 Å². The van der Waals surface area contributed by atoms with Crippen molar-refractivity contribution in [3.63, 3.8) is 0 Å². The van der Waals surface area contributed by atoms with Gasteiger partial charge in [-0.2, -0.15) is 0 Å². The average Bonchev–Trinajstić information content (AvgIpc) is 2.48. The van der Waals surface area contributed by atoms with Crippen LogP contribution in [0.25, 0.3) is 0 Å². The molecule has 0 radical (unpaired) electrons. The minimum atomic E-state index is -0.379. The van der Waals surface area contributed by atoms with E-state index < -0.39 is 0 Å². The Hall–Kier alpha value is -2.36. The van der Waals surface area contributed by atoms with Crippen molar-refractivity contribution >= 4 is 5.97 Å². The van der Waals surface area contributed by atoms with E-state index in [1.165, 1.54) is 16.2 Å². The first-order valence-corrected chi connectivity index (χ1v) is 7.02. The van der Waals surface area contributed by atoms with Crippen LogP contribution in [0.4, 0.5) is 0 Å². The number of carbonyl (C=O) groups is 1. The Labute approximate surface area is 124 Å². The van der Waals surface area contributed by atoms with Crippen molar-refractivity contribution in [2.45, 2.75) is 26.3 Å². The fraction of sp³-hybridized carbons (Fsp3) is 0.294. The normalized spacial score (nSPS) is 10.3. The SMILES string of the molecule is Cc1ccc(=O)n(CC(=O)OCCCc2ccccc2)c1. The first-order chi connectivity index (χ1) is 10.1. The van der Waals surface area contributed by atoms with Crippen LogP contribution in [0.3, 0.4) is 0 Å². The van der Waals surface area contributed by atoms with Gasteiger partial charge >= 0.3 is 5.97 Å². The molecule has 0 aliphatic carbocycles. The Kier molecular flexibility index (Phi) is 5.32. The Balaban J connectivity index is 1.75. The van der Waals surface area contributed by atoms with Gasteiger partial charge in [0.05, 0.1) is 6.61 Å². The quantitative estimate of drug-likeness (QED) is 0.604. The Bertz CT molecular complexity index is 647.